The Labute approximate surface area is 103 Å². The van der Waals surface area contributed by atoms with E-state index in [0.717, 1.165) is 22.4 Å². The SMILES string of the molecule is CC(=O)OCc1cc(C)c(OC(C)C)c(C)c1. The van der Waals surface area contributed by atoms with Crippen molar-refractivity contribution >= 4 is 5.97 Å². The second kappa shape index (κ2) is 5.71. The van der Waals surface area contributed by atoms with Crippen molar-refractivity contribution in [1.29, 1.82) is 0 Å². The van der Waals surface area contributed by atoms with Gasteiger partial charge in [0, 0.05) is 6.92 Å². The highest BCUT2D eigenvalue weighted by atomic mass is 16.5. The van der Waals surface area contributed by atoms with E-state index in [2.05, 4.69) is 0 Å². The minimum absolute atomic E-state index is 0.159. The molecule has 94 valence electrons. The van der Waals surface area contributed by atoms with Crippen molar-refractivity contribution in [2.75, 3.05) is 0 Å². The molecule has 1 aromatic carbocycles. The zero-order chi connectivity index (χ0) is 13.0. The highest BCUT2D eigenvalue weighted by molar-refractivity contribution is 5.66. The molecule has 0 aliphatic carbocycles. The zero-order valence-corrected chi connectivity index (χ0v) is 11.2. The van der Waals surface area contributed by atoms with Crippen LogP contribution < -0.4 is 4.74 Å². The standard InChI is InChI=1S/C14H20O3/c1-9(2)17-14-10(3)6-13(7-11(14)4)8-16-12(5)15/h6-7,9H,8H2,1-5H3. The monoisotopic (exact) mass is 236 g/mol. The fraction of sp³-hybridized carbons (Fsp3) is 0.500. The number of carbonyl (C=O) groups is 1. The highest BCUT2D eigenvalue weighted by Crippen LogP contribution is 2.26. The summed E-state index contributed by atoms with van der Waals surface area (Å²) >= 11 is 0. The molecule has 0 aliphatic heterocycles. The van der Waals surface area contributed by atoms with Crippen LogP contribution in [0.4, 0.5) is 0 Å². The van der Waals surface area contributed by atoms with Crippen LogP contribution in [0.5, 0.6) is 5.75 Å². The van der Waals surface area contributed by atoms with Crippen LogP contribution in [-0.4, -0.2) is 12.1 Å². The van der Waals surface area contributed by atoms with E-state index < -0.39 is 0 Å². The molecule has 0 saturated heterocycles. The van der Waals surface area contributed by atoms with E-state index in [1.807, 2.05) is 39.8 Å². The largest absolute Gasteiger partial charge is 0.490 e. The van der Waals surface area contributed by atoms with Crippen molar-refractivity contribution < 1.29 is 14.3 Å². The molecule has 0 N–H and O–H groups in total. The number of aryl methyl sites for hydroxylation is 2. The Kier molecular flexibility index (Phi) is 4.55. The molecule has 0 amide bonds. The van der Waals surface area contributed by atoms with E-state index in [1.165, 1.54) is 6.92 Å². The average Bonchev–Trinajstić information content (AvgIpc) is 2.20. The summed E-state index contributed by atoms with van der Waals surface area (Å²) in [4.78, 5) is 10.8. The molecule has 0 bridgehead atoms. The van der Waals surface area contributed by atoms with Crippen LogP contribution >= 0.6 is 0 Å². The van der Waals surface area contributed by atoms with Gasteiger partial charge in [0.05, 0.1) is 6.10 Å². The van der Waals surface area contributed by atoms with Crippen molar-refractivity contribution in [2.24, 2.45) is 0 Å². The summed E-state index contributed by atoms with van der Waals surface area (Å²) in [6.07, 6.45) is 0.159. The Morgan fingerprint density at radius 3 is 2.18 bits per heavy atom. The van der Waals surface area contributed by atoms with Crippen molar-refractivity contribution in [2.45, 2.75) is 47.3 Å². The molecular weight excluding hydrogens is 216 g/mol. The summed E-state index contributed by atoms with van der Waals surface area (Å²) in [6, 6.07) is 3.99. The van der Waals surface area contributed by atoms with E-state index >= 15 is 0 Å². The molecular formula is C14H20O3. The third kappa shape index (κ3) is 4.10. The first-order valence-corrected chi connectivity index (χ1v) is 5.80. The minimum atomic E-state index is -0.261. The van der Waals surface area contributed by atoms with Gasteiger partial charge in [0.2, 0.25) is 0 Å². The fourth-order valence-corrected chi connectivity index (χ4v) is 1.73. The maximum Gasteiger partial charge on any atom is 0.302 e. The van der Waals surface area contributed by atoms with E-state index in [9.17, 15) is 4.79 Å². The Morgan fingerprint density at radius 2 is 1.76 bits per heavy atom. The first-order chi connectivity index (χ1) is 7.90. The molecule has 3 nitrogen and oxygen atoms in total. The molecule has 1 aromatic rings. The van der Waals surface area contributed by atoms with Crippen LogP contribution in [0, 0.1) is 13.8 Å². The van der Waals surface area contributed by atoms with Crippen molar-refractivity contribution in [3.63, 3.8) is 0 Å². The van der Waals surface area contributed by atoms with Gasteiger partial charge in [-0.1, -0.05) is 0 Å². The first-order valence-electron chi connectivity index (χ1n) is 5.80. The van der Waals surface area contributed by atoms with Gasteiger partial charge in [-0.3, -0.25) is 4.79 Å². The quantitative estimate of drug-likeness (QED) is 0.753. The molecule has 0 radical (unpaired) electrons. The zero-order valence-electron chi connectivity index (χ0n) is 11.2. The van der Waals surface area contributed by atoms with E-state index in [-0.39, 0.29) is 12.1 Å². The summed E-state index contributed by atoms with van der Waals surface area (Å²) in [5, 5.41) is 0. The number of hydrogen-bond donors (Lipinski definition) is 0. The molecule has 0 atom stereocenters. The van der Waals surface area contributed by atoms with Crippen molar-refractivity contribution in [3.8, 4) is 5.75 Å². The third-order valence-electron chi connectivity index (χ3n) is 2.32. The molecule has 1 rings (SSSR count). The van der Waals surface area contributed by atoms with Crippen LogP contribution in [0.3, 0.4) is 0 Å². The predicted octanol–water partition coefficient (Wildman–Crippen LogP) is 3.15. The van der Waals surface area contributed by atoms with Gasteiger partial charge in [-0.25, -0.2) is 0 Å². The maximum absolute atomic E-state index is 10.8. The van der Waals surface area contributed by atoms with Gasteiger partial charge >= 0.3 is 5.97 Å². The lowest BCUT2D eigenvalue weighted by Crippen LogP contribution is -2.08. The average molecular weight is 236 g/mol. The van der Waals surface area contributed by atoms with Crippen molar-refractivity contribution in [3.05, 3.63) is 28.8 Å². The summed E-state index contributed by atoms with van der Waals surface area (Å²) in [5.41, 5.74) is 3.13. The summed E-state index contributed by atoms with van der Waals surface area (Å²) in [7, 11) is 0. The summed E-state index contributed by atoms with van der Waals surface area (Å²) in [5.74, 6) is 0.661. The number of rotatable bonds is 4. The van der Waals surface area contributed by atoms with Crippen LogP contribution in [0.25, 0.3) is 0 Å². The smallest absolute Gasteiger partial charge is 0.302 e. The number of esters is 1. The van der Waals surface area contributed by atoms with Gasteiger partial charge in [0.15, 0.2) is 0 Å². The Hall–Kier alpha value is -1.51. The van der Waals surface area contributed by atoms with E-state index in [4.69, 9.17) is 9.47 Å². The molecule has 0 unspecified atom stereocenters. The predicted molar refractivity (Wildman–Crippen MR) is 67.2 cm³/mol. The number of hydrogen-bond acceptors (Lipinski definition) is 3. The van der Waals surface area contributed by atoms with Gasteiger partial charge in [-0.2, -0.15) is 0 Å². The second-order valence-electron chi connectivity index (χ2n) is 4.51. The van der Waals surface area contributed by atoms with Crippen LogP contribution in [0.2, 0.25) is 0 Å². The lowest BCUT2D eigenvalue weighted by molar-refractivity contribution is -0.142. The van der Waals surface area contributed by atoms with Crippen LogP contribution in [-0.2, 0) is 16.1 Å². The molecule has 17 heavy (non-hydrogen) atoms. The number of benzene rings is 1. The lowest BCUT2D eigenvalue weighted by atomic mass is 10.1. The van der Waals surface area contributed by atoms with Gasteiger partial charge in [0.1, 0.15) is 12.4 Å². The van der Waals surface area contributed by atoms with E-state index in [1.54, 1.807) is 0 Å². The summed E-state index contributed by atoms with van der Waals surface area (Å²) < 4.78 is 10.7. The van der Waals surface area contributed by atoms with Gasteiger partial charge in [-0.15, -0.1) is 0 Å². The van der Waals surface area contributed by atoms with E-state index in [0.29, 0.717) is 6.61 Å². The molecule has 0 aliphatic rings. The van der Waals surface area contributed by atoms with Crippen molar-refractivity contribution in [1.82, 2.24) is 0 Å². The molecule has 0 heterocycles. The fourth-order valence-electron chi connectivity index (χ4n) is 1.73. The Morgan fingerprint density at radius 1 is 1.24 bits per heavy atom. The topological polar surface area (TPSA) is 35.5 Å². The molecule has 0 aromatic heterocycles. The maximum atomic E-state index is 10.8. The Bertz CT molecular complexity index is 385. The third-order valence-corrected chi connectivity index (χ3v) is 2.32. The normalized spacial score (nSPS) is 10.5. The second-order valence-corrected chi connectivity index (χ2v) is 4.51. The lowest BCUT2D eigenvalue weighted by Gasteiger charge is -2.16. The molecule has 3 heteroatoms. The Balaban J connectivity index is 2.89. The van der Waals surface area contributed by atoms with Gasteiger partial charge in [-0.05, 0) is 56.5 Å². The molecule has 0 fully saturated rings. The van der Waals surface area contributed by atoms with Crippen LogP contribution in [0.1, 0.15) is 37.5 Å². The molecule has 0 spiro atoms. The minimum Gasteiger partial charge on any atom is -0.490 e. The van der Waals surface area contributed by atoms with Crippen LogP contribution in [0.15, 0.2) is 12.1 Å². The highest BCUT2D eigenvalue weighted by Gasteiger charge is 2.08. The summed E-state index contributed by atoms with van der Waals surface area (Å²) in [6.45, 7) is 9.75. The number of ether oxygens (including phenoxy) is 2. The first kappa shape index (κ1) is 13.6. The van der Waals surface area contributed by atoms with Gasteiger partial charge in [0.25, 0.3) is 0 Å². The van der Waals surface area contributed by atoms with Gasteiger partial charge < -0.3 is 9.47 Å². The molecule has 0 saturated carbocycles. The number of carbonyl (C=O) groups excluding carboxylic acids is 1.